The minimum atomic E-state index is 0.401. The third-order valence-electron chi connectivity index (χ3n) is 3.02. The number of nitrogens with one attached hydrogen (secondary N) is 1. The number of hydrazine groups is 1. The van der Waals surface area contributed by atoms with Crippen molar-refractivity contribution in [1.82, 2.24) is 9.97 Å². The summed E-state index contributed by atoms with van der Waals surface area (Å²) >= 11 is 0. The summed E-state index contributed by atoms with van der Waals surface area (Å²) in [7, 11) is 0. The van der Waals surface area contributed by atoms with E-state index in [4.69, 9.17) is 5.84 Å². The summed E-state index contributed by atoms with van der Waals surface area (Å²) in [5, 5.41) is 0. The Morgan fingerprint density at radius 2 is 1.95 bits per heavy atom. The van der Waals surface area contributed by atoms with Crippen molar-refractivity contribution in [2.45, 2.75) is 53.5 Å². The molecule has 1 heterocycles. The molecular formula is C14H27N5. The first-order chi connectivity index (χ1) is 9.01. The number of anilines is 2. The fourth-order valence-electron chi connectivity index (χ4n) is 2.19. The third-order valence-corrected chi connectivity index (χ3v) is 3.02. The molecule has 108 valence electrons. The van der Waals surface area contributed by atoms with Gasteiger partial charge in [-0.3, -0.25) is 0 Å². The molecule has 0 bridgehead atoms. The normalized spacial score (nSPS) is 11.2. The standard InChI is InChI=1S/C14H27N5/c1-6-7-12-13(18-15)16-9-17-14(12)19(11(4)5)8-10(2)3/h9-11H,6-8,15H2,1-5H3,(H,16,17,18). The molecule has 0 fully saturated rings. The zero-order valence-corrected chi connectivity index (χ0v) is 12.8. The van der Waals surface area contributed by atoms with Gasteiger partial charge in [0.1, 0.15) is 18.0 Å². The lowest BCUT2D eigenvalue weighted by Crippen LogP contribution is -2.36. The van der Waals surface area contributed by atoms with E-state index in [1.165, 1.54) is 0 Å². The van der Waals surface area contributed by atoms with Crippen molar-refractivity contribution in [3.63, 3.8) is 0 Å². The molecule has 5 heteroatoms. The maximum Gasteiger partial charge on any atom is 0.148 e. The minimum absolute atomic E-state index is 0.401. The second-order valence-electron chi connectivity index (χ2n) is 5.56. The summed E-state index contributed by atoms with van der Waals surface area (Å²) in [5.41, 5.74) is 3.80. The van der Waals surface area contributed by atoms with Crippen LogP contribution in [0.25, 0.3) is 0 Å². The van der Waals surface area contributed by atoms with E-state index in [0.29, 0.717) is 12.0 Å². The Morgan fingerprint density at radius 3 is 2.42 bits per heavy atom. The molecule has 0 amide bonds. The van der Waals surface area contributed by atoms with Crippen LogP contribution in [-0.2, 0) is 6.42 Å². The van der Waals surface area contributed by atoms with Crippen LogP contribution >= 0.6 is 0 Å². The Morgan fingerprint density at radius 1 is 1.26 bits per heavy atom. The van der Waals surface area contributed by atoms with Gasteiger partial charge in [-0.05, 0) is 26.2 Å². The molecule has 0 aliphatic heterocycles. The summed E-state index contributed by atoms with van der Waals surface area (Å²) in [6, 6.07) is 0.401. The van der Waals surface area contributed by atoms with Gasteiger partial charge >= 0.3 is 0 Å². The molecule has 0 radical (unpaired) electrons. The predicted octanol–water partition coefficient (Wildman–Crippen LogP) is 2.59. The summed E-state index contributed by atoms with van der Waals surface area (Å²) in [5.74, 6) is 7.90. The topological polar surface area (TPSA) is 67.1 Å². The Bertz CT molecular complexity index is 389. The smallest absolute Gasteiger partial charge is 0.148 e. The van der Waals surface area contributed by atoms with E-state index < -0.39 is 0 Å². The van der Waals surface area contributed by atoms with Crippen LogP contribution in [0.15, 0.2) is 6.33 Å². The van der Waals surface area contributed by atoms with E-state index in [-0.39, 0.29) is 0 Å². The molecule has 0 saturated carbocycles. The molecule has 19 heavy (non-hydrogen) atoms. The molecule has 0 atom stereocenters. The highest BCUT2D eigenvalue weighted by Crippen LogP contribution is 2.26. The van der Waals surface area contributed by atoms with Crippen molar-refractivity contribution < 1.29 is 0 Å². The molecule has 3 N–H and O–H groups in total. The maximum absolute atomic E-state index is 5.57. The second kappa shape index (κ2) is 7.28. The summed E-state index contributed by atoms with van der Waals surface area (Å²) in [6.07, 6.45) is 3.55. The first-order valence-corrected chi connectivity index (χ1v) is 7.08. The van der Waals surface area contributed by atoms with Gasteiger partial charge in [0.05, 0.1) is 0 Å². The largest absolute Gasteiger partial charge is 0.354 e. The van der Waals surface area contributed by atoms with Crippen LogP contribution in [0.2, 0.25) is 0 Å². The van der Waals surface area contributed by atoms with Crippen molar-refractivity contribution in [3.8, 4) is 0 Å². The van der Waals surface area contributed by atoms with Gasteiger partial charge in [0.2, 0.25) is 0 Å². The van der Waals surface area contributed by atoms with Crippen molar-refractivity contribution in [1.29, 1.82) is 0 Å². The summed E-state index contributed by atoms with van der Waals surface area (Å²) < 4.78 is 0. The molecule has 1 rings (SSSR count). The molecule has 0 aliphatic rings. The first-order valence-electron chi connectivity index (χ1n) is 7.08. The highest BCUT2D eigenvalue weighted by atomic mass is 15.3. The van der Waals surface area contributed by atoms with Crippen LogP contribution in [0.5, 0.6) is 0 Å². The van der Waals surface area contributed by atoms with E-state index >= 15 is 0 Å². The Labute approximate surface area is 116 Å². The van der Waals surface area contributed by atoms with Gasteiger partial charge in [-0.2, -0.15) is 0 Å². The van der Waals surface area contributed by atoms with E-state index in [1.54, 1.807) is 6.33 Å². The van der Waals surface area contributed by atoms with Crippen LogP contribution in [0.1, 0.15) is 46.6 Å². The molecule has 1 aromatic rings. The monoisotopic (exact) mass is 265 g/mol. The zero-order chi connectivity index (χ0) is 14.4. The predicted molar refractivity (Wildman–Crippen MR) is 81.2 cm³/mol. The number of hydrogen-bond acceptors (Lipinski definition) is 5. The minimum Gasteiger partial charge on any atom is -0.354 e. The molecule has 0 unspecified atom stereocenters. The van der Waals surface area contributed by atoms with Gasteiger partial charge in [-0.15, -0.1) is 0 Å². The lowest BCUT2D eigenvalue weighted by molar-refractivity contribution is 0.563. The number of nitrogens with two attached hydrogens (primary N) is 1. The van der Waals surface area contributed by atoms with E-state index in [2.05, 4.69) is 54.9 Å². The van der Waals surface area contributed by atoms with Crippen LogP contribution < -0.4 is 16.2 Å². The Balaban J connectivity index is 3.20. The fourth-order valence-corrected chi connectivity index (χ4v) is 2.19. The fraction of sp³-hybridized carbons (Fsp3) is 0.714. The molecule has 0 saturated heterocycles. The Kier molecular flexibility index (Phi) is 6.02. The molecule has 5 nitrogen and oxygen atoms in total. The lowest BCUT2D eigenvalue weighted by atomic mass is 10.1. The third kappa shape index (κ3) is 4.06. The highest BCUT2D eigenvalue weighted by Gasteiger charge is 2.19. The van der Waals surface area contributed by atoms with Crippen molar-refractivity contribution in [2.75, 3.05) is 16.9 Å². The molecule has 1 aromatic heterocycles. The van der Waals surface area contributed by atoms with E-state index in [9.17, 15) is 0 Å². The molecule has 0 aromatic carbocycles. The van der Waals surface area contributed by atoms with Gasteiger partial charge in [-0.25, -0.2) is 15.8 Å². The van der Waals surface area contributed by atoms with Gasteiger partial charge in [0, 0.05) is 18.2 Å². The number of nitrogens with zero attached hydrogens (tertiary/aromatic N) is 3. The van der Waals surface area contributed by atoms with Gasteiger partial charge < -0.3 is 10.3 Å². The maximum atomic E-state index is 5.57. The Hall–Kier alpha value is -1.36. The van der Waals surface area contributed by atoms with Crippen molar-refractivity contribution >= 4 is 11.6 Å². The summed E-state index contributed by atoms with van der Waals surface area (Å²) in [6.45, 7) is 12.0. The quantitative estimate of drug-likeness (QED) is 0.586. The molecular weight excluding hydrogens is 238 g/mol. The van der Waals surface area contributed by atoms with E-state index in [0.717, 1.165) is 36.6 Å². The van der Waals surface area contributed by atoms with Crippen LogP contribution in [0.4, 0.5) is 11.6 Å². The van der Waals surface area contributed by atoms with Gasteiger partial charge in [-0.1, -0.05) is 27.2 Å². The average molecular weight is 265 g/mol. The zero-order valence-electron chi connectivity index (χ0n) is 12.8. The number of nitrogen functional groups attached to an aromatic ring is 1. The van der Waals surface area contributed by atoms with Crippen LogP contribution in [0.3, 0.4) is 0 Å². The lowest BCUT2D eigenvalue weighted by Gasteiger charge is -2.31. The SMILES string of the molecule is CCCc1c(NN)ncnc1N(CC(C)C)C(C)C. The average Bonchev–Trinajstić information content (AvgIpc) is 2.36. The summed E-state index contributed by atoms with van der Waals surface area (Å²) in [4.78, 5) is 11.1. The van der Waals surface area contributed by atoms with Gasteiger partial charge in [0.15, 0.2) is 0 Å². The second-order valence-corrected chi connectivity index (χ2v) is 5.56. The van der Waals surface area contributed by atoms with Gasteiger partial charge in [0.25, 0.3) is 0 Å². The van der Waals surface area contributed by atoms with Crippen LogP contribution in [-0.4, -0.2) is 22.6 Å². The number of aromatic nitrogens is 2. The van der Waals surface area contributed by atoms with Crippen molar-refractivity contribution in [2.24, 2.45) is 11.8 Å². The molecule has 0 aliphatic carbocycles. The molecule has 0 spiro atoms. The van der Waals surface area contributed by atoms with Crippen LogP contribution in [0, 0.1) is 5.92 Å². The van der Waals surface area contributed by atoms with E-state index in [1.807, 2.05) is 0 Å². The number of rotatable bonds is 7. The van der Waals surface area contributed by atoms with Crippen molar-refractivity contribution in [3.05, 3.63) is 11.9 Å². The number of hydrogen-bond donors (Lipinski definition) is 2. The highest BCUT2D eigenvalue weighted by molar-refractivity contribution is 5.58. The first kappa shape index (κ1) is 15.7.